The molecule has 1 unspecified atom stereocenters. The zero-order valence-electron chi connectivity index (χ0n) is 9.53. The summed E-state index contributed by atoms with van der Waals surface area (Å²) < 4.78 is 0. The van der Waals surface area contributed by atoms with Gasteiger partial charge in [0.2, 0.25) is 5.91 Å². The van der Waals surface area contributed by atoms with Crippen LogP contribution in [0.3, 0.4) is 0 Å². The summed E-state index contributed by atoms with van der Waals surface area (Å²) in [7, 11) is 0. The van der Waals surface area contributed by atoms with Gasteiger partial charge in [-0.15, -0.1) is 0 Å². The van der Waals surface area contributed by atoms with E-state index in [1.807, 2.05) is 31.3 Å². The van der Waals surface area contributed by atoms with Crippen molar-refractivity contribution < 1.29 is 4.79 Å². The van der Waals surface area contributed by atoms with Gasteiger partial charge >= 0.3 is 0 Å². The summed E-state index contributed by atoms with van der Waals surface area (Å²) in [4.78, 5) is 19.1. The number of aromatic amines is 1. The molecule has 0 saturated carbocycles. The first-order valence-corrected chi connectivity index (χ1v) is 5.64. The molecule has 1 aromatic heterocycles. The first-order valence-electron chi connectivity index (χ1n) is 5.64. The highest BCUT2D eigenvalue weighted by molar-refractivity contribution is 6.05. The third-order valence-electron chi connectivity index (χ3n) is 3.04. The lowest BCUT2D eigenvalue weighted by Crippen LogP contribution is -2.28. The van der Waals surface area contributed by atoms with Crippen LogP contribution in [0.5, 0.6) is 0 Å². The number of hydrogen-bond donors (Lipinski definition) is 2. The van der Waals surface area contributed by atoms with Gasteiger partial charge in [0.25, 0.3) is 0 Å². The second-order valence-corrected chi connectivity index (χ2v) is 4.28. The first kappa shape index (κ1) is 10.1. The summed E-state index contributed by atoms with van der Waals surface area (Å²) >= 11 is 0. The van der Waals surface area contributed by atoms with Crippen molar-refractivity contribution in [1.29, 1.82) is 0 Å². The number of carbonyl (C=O) groups is 1. The van der Waals surface area contributed by atoms with Crippen LogP contribution in [0.4, 0.5) is 0 Å². The fourth-order valence-corrected chi connectivity index (χ4v) is 2.23. The molecule has 1 amide bonds. The Bertz CT molecular complexity index is 612. The number of benzene rings is 1. The van der Waals surface area contributed by atoms with Gasteiger partial charge in [-0.05, 0) is 18.6 Å². The molecule has 1 atom stereocenters. The molecule has 2 heterocycles. The SMILES string of the molecule is CC1=NC(Cc2c[nH]c3ccccc23)C(=O)N1. The lowest BCUT2D eigenvalue weighted by molar-refractivity contribution is -0.120. The van der Waals surface area contributed by atoms with Crippen LogP contribution in [0.15, 0.2) is 35.5 Å². The van der Waals surface area contributed by atoms with E-state index in [1.165, 1.54) is 5.39 Å². The molecule has 0 radical (unpaired) electrons. The molecule has 3 rings (SSSR count). The molecule has 0 spiro atoms. The zero-order valence-corrected chi connectivity index (χ0v) is 9.53. The van der Waals surface area contributed by atoms with Gasteiger partial charge in [-0.2, -0.15) is 0 Å². The molecule has 1 aliphatic rings. The second-order valence-electron chi connectivity index (χ2n) is 4.28. The molecule has 0 saturated heterocycles. The van der Waals surface area contributed by atoms with Gasteiger partial charge in [0.15, 0.2) is 0 Å². The minimum Gasteiger partial charge on any atom is -0.361 e. The topological polar surface area (TPSA) is 57.2 Å². The highest BCUT2D eigenvalue weighted by Gasteiger charge is 2.24. The molecular weight excluding hydrogens is 214 g/mol. The van der Waals surface area contributed by atoms with E-state index in [0.717, 1.165) is 11.1 Å². The third-order valence-corrected chi connectivity index (χ3v) is 3.04. The summed E-state index contributed by atoms with van der Waals surface area (Å²) in [5.41, 5.74) is 2.24. The van der Waals surface area contributed by atoms with Crippen LogP contribution < -0.4 is 5.32 Å². The maximum absolute atomic E-state index is 11.6. The standard InChI is InChI=1S/C13H13N3O/c1-8-15-12(13(17)16-8)6-9-7-14-11-5-3-2-4-10(9)11/h2-5,7,12,14H,6H2,1H3,(H,15,16,17). The normalized spacial score (nSPS) is 19.5. The molecule has 1 aliphatic heterocycles. The number of H-pyrrole nitrogens is 1. The summed E-state index contributed by atoms with van der Waals surface area (Å²) in [5.74, 6) is 0.702. The minimum absolute atomic E-state index is 0.00668. The molecule has 1 aromatic carbocycles. The Hall–Kier alpha value is -2.10. The number of rotatable bonds is 2. The lowest BCUT2D eigenvalue weighted by atomic mass is 10.1. The summed E-state index contributed by atoms with van der Waals surface area (Å²) in [6, 6.07) is 7.80. The van der Waals surface area contributed by atoms with Crippen molar-refractivity contribution in [2.24, 2.45) is 4.99 Å². The van der Waals surface area contributed by atoms with E-state index < -0.39 is 0 Å². The molecule has 4 nitrogen and oxygen atoms in total. The molecule has 0 fully saturated rings. The van der Waals surface area contributed by atoms with Crippen LogP contribution in [-0.4, -0.2) is 22.8 Å². The van der Waals surface area contributed by atoms with Crippen LogP contribution in [0.2, 0.25) is 0 Å². The Kier molecular flexibility index (Phi) is 2.21. The molecule has 0 bridgehead atoms. The van der Waals surface area contributed by atoms with E-state index in [2.05, 4.69) is 21.4 Å². The predicted molar refractivity (Wildman–Crippen MR) is 67.0 cm³/mol. The number of fused-ring (bicyclic) bond motifs is 1. The molecule has 2 aromatic rings. The van der Waals surface area contributed by atoms with E-state index >= 15 is 0 Å². The monoisotopic (exact) mass is 227 g/mol. The van der Waals surface area contributed by atoms with Crippen molar-refractivity contribution in [3.8, 4) is 0 Å². The summed E-state index contributed by atoms with van der Waals surface area (Å²) in [6.07, 6.45) is 2.61. The number of aliphatic imine (C=N–C) groups is 1. The zero-order chi connectivity index (χ0) is 11.8. The molecule has 2 N–H and O–H groups in total. The predicted octanol–water partition coefficient (Wildman–Crippen LogP) is 1.63. The van der Waals surface area contributed by atoms with Gasteiger partial charge in [-0.3, -0.25) is 9.79 Å². The second kappa shape index (κ2) is 3.73. The molecule has 17 heavy (non-hydrogen) atoms. The van der Waals surface area contributed by atoms with Crippen molar-refractivity contribution in [1.82, 2.24) is 10.3 Å². The van der Waals surface area contributed by atoms with Gasteiger partial charge in [0.05, 0.1) is 0 Å². The van der Waals surface area contributed by atoms with E-state index in [9.17, 15) is 4.79 Å². The van der Waals surface area contributed by atoms with E-state index in [-0.39, 0.29) is 11.9 Å². The van der Waals surface area contributed by atoms with Crippen LogP contribution in [0, 0.1) is 0 Å². The van der Waals surface area contributed by atoms with E-state index in [4.69, 9.17) is 0 Å². The van der Waals surface area contributed by atoms with Gasteiger partial charge in [-0.25, -0.2) is 0 Å². The van der Waals surface area contributed by atoms with Crippen molar-refractivity contribution in [3.63, 3.8) is 0 Å². The molecule has 0 aliphatic carbocycles. The number of carbonyl (C=O) groups excluding carboxylic acids is 1. The van der Waals surface area contributed by atoms with Gasteiger partial charge < -0.3 is 10.3 Å². The fraction of sp³-hybridized carbons (Fsp3) is 0.231. The van der Waals surface area contributed by atoms with Crippen molar-refractivity contribution in [2.75, 3.05) is 0 Å². The number of hydrogen-bond acceptors (Lipinski definition) is 2. The fourth-order valence-electron chi connectivity index (χ4n) is 2.23. The highest BCUT2D eigenvalue weighted by atomic mass is 16.2. The lowest BCUT2D eigenvalue weighted by Gasteiger charge is -2.03. The number of nitrogens with zero attached hydrogens (tertiary/aromatic N) is 1. The van der Waals surface area contributed by atoms with Crippen molar-refractivity contribution in [2.45, 2.75) is 19.4 Å². The van der Waals surface area contributed by atoms with Crippen LogP contribution in [0.1, 0.15) is 12.5 Å². The van der Waals surface area contributed by atoms with Crippen molar-refractivity contribution in [3.05, 3.63) is 36.0 Å². The first-order chi connectivity index (χ1) is 8.24. The van der Waals surface area contributed by atoms with Crippen LogP contribution in [0.25, 0.3) is 10.9 Å². The van der Waals surface area contributed by atoms with Crippen molar-refractivity contribution >= 4 is 22.6 Å². The molecular formula is C13H13N3O. The number of nitrogens with one attached hydrogen (secondary N) is 2. The Labute approximate surface area is 98.7 Å². The maximum Gasteiger partial charge on any atom is 0.250 e. The van der Waals surface area contributed by atoms with Gasteiger partial charge in [-0.1, -0.05) is 18.2 Å². The van der Waals surface area contributed by atoms with Crippen LogP contribution in [-0.2, 0) is 11.2 Å². The molecule has 86 valence electrons. The third kappa shape index (κ3) is 1.71. The smallest absolute Gasteiger partial charge is 0.250 e. The average molecular weight is 227 g/mol. The number of para-hydroxylation sites is 1. The average Bonchev–Trinajstić information content (AvgIpc) is 2.85. The highest BCUT2D eigenvalue weighted by Crippen LogP contribution is 2.20. The summed E-state index contributed by atoms with van der Waals surface area (Å²) in [5, 5.41) is 3.89. The number of amides is 1. The quantitative estimate of drug-likeness (QED) is 0.804. The van der Waals surface area contributed by atoms with E-state index in [1.54, 1.807) is 0 Å². The Morgan fingerprint density at radius 2 is 2.18 bits per heavy atom. The number of aromatic nitrogens is 1. The largest absolute Gasteiger partial charge is 0.361 e. The number of amidine groups is 1. The maximum atomic E-state index is 11.6. The Morgan fingerprint density at radius 3 is 2.94 bits per heavy atom. The molecule has 4 heteroatoms. The van der Waals surface area contributed by atoms with Gasteiger partial charge in [0.1, 0.15) is 11.9 Å². The van der Waals surface area contributed by atoms with E-state index in [0.29, 0.717) is 12.3 Å². The van der Waals surface area contributed by atoms with Crippen LogP contribution >= 0.6 is 0 Å². The Morgan fingerprint density at radius 1 is 1.35 bits per heavy atom. The Balaban J connectivity index is 1.93. The van der Waals surface area contributed by atoms with Gasteiger partial charge in [0, 0.05) is 23.5 Å². The summed E-state index contributed by atoms with van der Waals surface area (Å²) in [6.45, 7) is 1.81. The minimum atomic E-state index is -0.283.